The smallest absolute Gasteiger partial charge is 0.414 e. The number of anilines is 1. The highest BCUT2D eigenvalue weighted by Crippen LogP contribution is 2.45. The molecule has 0 spiro atoms. The Labute approximate surface area is 192 Å². The summed E-state index contributed by atoms with van der Waals surface area (Å²) in [4.78, 5) is 14.3. The molecule has 1 amide bonds. The fraction of sp³-hybridized carbons (Fsp3) is 0.320. The Bertz CT molecular complexity index is 1240. The molecular weight excluding hydrogens is 418 g/mol. The van der Waals surface area contributed by atoms with Crippen molar-refractivity contribution in [3.63, 3.8) is 0 Å². The highest BCUT2D eigenvalue weighted by Gasteiger charge is 2.33. The monoisotopic (exact) mass is 443 g/mol. The van der Waals surface area contributed by atoms with Gasteiger partial charge in [-0.15, -0.1) is 0 Å². The molecule has 1 atom stereocenters. The van der Waals surface area contributed by atoms with Gasteiger partial charge in [0.1, 0.15) is 17.6 Å². The predicted molar refractivity (Wildman–Crippen MR) is 123 cm³/mol. The number of rotatable bonds is 4. The zero-order valence-electron chi connectivity index (χ0n) is 18.6. The van der Waals surface area contributed by atoms with Crippen LogP contribution < -0.4 is 15.0 Å². The molecule has 8 heteroatoms. The Morgan fingerprint density at radius 3 is 2.79 bits per heavy atom. The Morgan fingerprint density at radius 2 is 2.06 bits per heavy atom. The van der Waals surface area contributed by atoms with Gasteiger partial charge >= 0.3 is 6.09 Å². The number of methoxy groups -OCH3 is 1. The highest BCUT2D eigenvalue weighted by molar-refractivity contribution is 5.92. The van der Waals surface area contributed by atoms with Crippen molar-refractivity contribution in [1.29, 1.82) is 5.26 Å². The molecule has 0 bridgehead atoms. The minimum atomic E-state index is -0.398. The number of ether oxygens (including phenoxy) is 2. The molecule has 0 saturated carbocycles. The van der Waals surface area contributed by atoms with Crippen LogP contribution in [0.15, 0.2) is 48.8 Å². The van der Waals surface area contributed by atoms with Crippen molar-refractivity contribution in [2.75, 3.05) is 25.1 Å². The number of amides is 1. The first kappa shape index (κ1) is 21.0. The molecule has 2 aromatic carbocycles. The molecule has 8 nitrogen and oxygen atoms in total. The molecule has 2 aliphatic rings. The summed E-state index contributed by atoms with van der Waals surface area (Å²) >= 11 is 0. The maximum atomic E-state index is 12.6. The largest absolute Gasteiger partial charge is 0.455 e. The summed E-state index contributed by atoms with van der Waals surface area (Å²) in [6.45, 7) is 3.81. The van der Waals surface area contributed by atoms with Crippen molar-refractivity contribution in [3.05, 3.63) is 59.9 Å². The van der Waals surface area contributed by atoms with Crippen LogP contribution in [0.3, 0.4) is 0 Å². The number of benzene rings is 2. The van der Waals surface area contributed by atoms with E-state index >= 15 is 0 Å². The lowest BCUT2D eigenvalue weighted by molar-refractivity contribution is 0.175. The van der Waals surface area contributed by atoms with Gasteiger partial charge in [0.05, 0.1) is 30.6 Å². The second kappa shape index (κ2) is 8.60. The summed E-state index contributed by atoms with van der Waals surface area (Å²) in [5.41, 5.74) is 3.94. The number of carbonyl (C=O) groups is 1. The van der Waals surface area contributed by atoms with E-state index in [1.54, 1.807) is 17.0 Å². The topological polar surface area (TPSA) is 92.4 Å². The lowest BCUT2D eigenvalue weighted by atomic mass is 9.92. The lowest BCUT2D eigenvalue weighted by Crippen LogP contribution is -2.43. The van der Waals surface area contributed by atoms with Crippen LogP contribution in [0.4, 0.5) is 10.5 Å². The van der Waals surface area contributed by atoms with Crippen molar-refractivity contribution in [2.24, 2.45) is 0 Å². The summed E-state index contributed by atoms with van der Waals surface area (Å²) in [5, 5.41) is 17.4. The quantitative estimate of drug-likeness (QED) is 0.648. The molecule has 1 aromatic heterocycles. The van der Waals surface area contributed by atoms with Gasteiger partial charge in [-0.3, -0.25) is 9.58 Å². The molecule has 33 heavy (non-hydrogen) atoms. The maximum absolute atomic E-state index is 12.6. The van der Waals surface area contributed by atoms with Gasteiger partial charge in [-0.05, 0) is 44.0 Å². The fourth-order valence-electron chi connectivity index (χ4n) is 4.42. The summed E-state index contributed by atoms with van der Waals surface area (Å²) < 4.78 is 13.5. The number of nitriles is 1. The molecule has 3 aromatic rings. The van der Waals surface area contributed by atoms with Gasteiger partial charge in [0.25, 0.3) is 0 Å². The second-order valence-electron chi connectivity index (χ2n) is 8.40. The summed E-state index contributed by atoms with van der Waals surface area (Å²) in [6.07, 6.45) is 4.98. The molecule has 0 aliphatic carbocycles. The maximum Gasteiger partial charge on any atom is 0.414 e. The third-order valence-electron chi connectivity index (χ3n) is 6.39. The Balaban J connectivity index is 1.65. The van der Waals surface area contributed by atoms with Crippen LogP contribution in [0.25, 0.3) is 11.1 Å². The van der Waals surface area contributed by atoms with Crippen molar-refractivity contribution < 1.29 is 14.3 Å². The van der Waals surface area contributed by atoms with Gasteiger partial charge in [0.2, 0.25) is 0 Å². The molecule has 5 rings (SSSR count). The molecular formula is C25H25N5O3. The third kappa shape index (κ3) is 3.70. The number of hydrogen-bond acceptors (Lipinski definition) is 6. The standard InChI is InChI=1S/C25H25N5O3/c1-16-7-8-21-22(30(16)25(31)32-2)10-9-20(18-12-28-29(15-18)19-13-27-14-19)24(21)33-23-6-4-3-5-17(23)11-26/h3-6,9-10,12,15-16,19,27H,7-8,13-14H2,1-2H3/t16-/m0/s1. The van der Waals surface area contributed by atoms with Gasteiger partial charge in [-0.2, -0.15) is 10.4 Å². The normalized spacial score (nSPS) is 17.6. The molecule has 168 valence electrons. The first-order valence-electron chi connectivity index (χ1n) is 11.1. The molecule has 2 aliphatic heterocycles. The molecule has 0 radical (unpaired) electrons. The van der Waals surface area contributed by atoms with Crippen LogP contribution in [0.5, 0.6) is 11.5 Å². The van der Waals surface area contributed by atoms with Crippen LogP contribution in [-0.4, -0.2) is 42.1 Å². The summed E-state index contributed by atoms with van der Waals surface area (Å²) in [6, 6.07) is 13.6. The summed E-state index contributed by atoms with van der Waals surface area (Å²) in [5.74, 6) is 1.12. The number of fused-ring (bicyclic) bond motifs is 1. The first-order chi connectivity index (χ1) is 16.1. The molecule has 1 fully saturated rings. The van der Waals surface area contributed by atoms with Crippen LogP contribution in [0.2, 0.25) is 0 Å². The third-order valence-corrected chi connectivity index (χ3v) is 6.39. The van der Waals surface area contributed by atoms with Crippen molar-refractivity contribution in [2.45, 2.75) is 31.8 Å². The molecule has 1 N–H and O–H groups in total. The van der Waals surface area contributed by atoms with E-state index in [0.29, 0.717) is 23.1 Å². The van der Waals surface area contributed by atoms with E-state index in [4.69, 9.17) is 9.47 Å². The van der Waals surface area contributed by atoms with Crippen molar-refractivity contribution in [3.8, 4) is 28.7 Å². The van der Waals surface area contributed by atoms with E-state index in [-0.39, 0.29) is 6.04 Å². The number of hydrogen-bond donors (Lipinski definition) is 1. The minimum absolute atomic E-state index is 0.00362. The average Bonchev–Trinajstić information content (AvgIpc) is 3.26. The second-order valence-corrected chi connectivity index (χ2v) is 8.40. The van der Waals surface area contributed by atoms with Crippen molar-refractivity contribution >= 4 is 11.8 Å². The number of nitrogens with one attached hydrogen (secondary N) is 1. The average molecular weight is 444 g/mol. The van der Waals surface area contributed by atoms with E-state index in [2.05, 4.69) is 16.5 Å². The molecule has 3 heterocycles. The minimum Gasteiger partial charge on any atom is -0.455 e. The zero-order valence-corrected chi connectivity index (χ0v) is 18.6. The lowest BCUT2D eigenvalue weighted by Gasteiger charge is -2.35. The highest BCUT2D eigenvalue weighted by atomic mass is 16.5. The van der Waals surface area contributed by atoms with E-state index in [0.717, 1.165) is 48.3 Å². The van der Waals surface area contributed by atoms with Crippen LogP contribution in [0, 0.1) is 11.3 Å². The Morgan fingerprint density at radius 1 is 1.24 bits per heavy atom. The van der Waals surface area contributed by atoms with Crippen LogP contribution in [-0.2, 0) is 11.2 Å². The van der Waals surface area contributed by atoms with Gasteiger partial charge in [0.15, 0.2) is 0 Å². The van der Waals surface area contributed by atoms with Gasteiger partial charge < -0.3 is 14.8 Å². The number of para-hydroxylation sites is 1. The van der Waals surface area contributed by atoms with Crippen molar-refractivity contribution in [1.82, 2.24) is 15.1 Å². The first-order valence-corrected chi connectivity index (χ1v) is 11.1. The predicted octanol–water partition coefficient (Wildman–Crippen LogP) is 4.27. The number of carbonyl (C=O) groups excluding carboxylic acids is 1. The molecule has 0 unspecified atom stereocenters. The molecule has 1 saturated heterocycles. The van der Waals surface area contributed by atoms with E-state index in [1.165, 1.54) is 7.11 Å². The fourth-order valence-corrected chi connectivity index (χ4v) is 4.42. The van der Waals surface area contributed by atoms with Gasteiger partial charge in [-0.25, -0.2) is 4.79 Å². The van der Waals surface area contributed by atoms with E-state index in [9.17, 15) is 10.1 Å². The Kier molecular flexibility index (Phi) is 5.48. The number of nitrogens with zero attached hydrogens (tertiary/aromatic N) is 4. The summed E-state index contributed by atoms with van der Waals surface area (Å²) in [7, 11) is 1.39. The van der Waals surface area contributed by atoms with Crippen LogP contribution >= 0.6 is 0 Å². The SMILES string of the molecule is COC(=O)N1c2ccc(-c3cnn(C4CNC4)c3)c(Oc3ccccc3C#N)c2CC[C@@H]1C. The zero-order chi connectivity index (χ0) is 22.9. The van der Waals surface area contributed by atoms with Gasteiger partial charge in [0, 0.05) is 42.0 Å². The van der Waals surface area contributed by atoms with Gasteiger partial charge in [-0.1, -0.05) is 12.1 Å². The Hall–Kier alpha value is -3.83. The van der Waals surface area contributed by atoms with E-state index < -0.39 is 6.09 Å². The van der Waals surface area contributed by atoms with E-state index in [1.807, 2.05) is 48.3 Å². The number of aromatic nitrogens is 2. The van der Waals surface area contributed by atoms with Crippen LogP contribution in [0.1, 0.15) is 30.5 Å².